The van der Waals surface area contributed by atoms with Gasteiger partial charge in [-0.15, -0.1) is 0 Å². The Morgan fingerprint density at radius 1 is 1.14 bits per heavy atom. The highest BCUT2D eigenvalue weighted by Gasteiger charge is 2.48. The van der Waals surface area contributed by atoms with Crippen molar-refractivity contribution in [1.29, 1.82) is 0 Å². The van der Waals surface area contributed by atoms with Gasteiger partial charge in [0.1, 0.15) is 0 Å². The van der Waals surface area contributed by atoms with Crippen LogP contribution in [0.15, 0.2) is 30.6 Å². The molecule has 7 heteroatoms. The molecular formula is C21H27N5O2. The lowest BCUT2D eigenvalue weighted by molar-refractivity contribution is -0.134. The van der Waals surface area contributed by atoms with Gasteiger partial charge in [-0.3, -0.25) is 19.6 Å². The van der Waals surface area contributed by atoms with Crippen LogP contribution in [0.5, 0.6) is 0 Å². The summed E-state index contributed by atoms with van der Waals surface area (Å²) in [6.45, 7) is 4.68. The van der Waals surface area contributed by atoms with Gasteiger partial charge in [-0.2, -0.15) is 0 Å². The first-order valence-corrected chi connectivity index (χ1v) is 10.1. The third-order valence-electron chi connectivity index (χ3n) is 5.99. The molecule has 2 aromatic rings. The number of nitrogens with zero attached hydrogens (tertiary/aromatic N) is 4. The Morgan fingerprint density at radius 2 is 1.96 bits per heavy atom. The number of anilines is 1. The predicted octanol–water partition coefficient (Wildman–Crippen LogP) is 2.12. The van der Waals surface area contributed by atoms with Crippen LogP contribution < -0.4 is 10.2 Å². The molecule has 1 atom stereocenters. The van der Waals surface area contributed by atoms with Crippen molar-refractivity contribution in [3.05, 3.63) is 30.6 Å². The lowest BCUT2D eigenvalue weighted by Gasteiger charge is -2.58. The third kappa shape index (κ3) is 3.66. The Morgan fingerprint density at radius 3 is 2.71 bits per heavy atom. The molecule has 0 unspecified atom stereocenters. The fraction of sp³-hybridized carbons (Fsp3) is 0.524. The molecule has 7 nitrogen and oxygen atoms in total. The summed E-state index contributed by atoms with van der Waals surface area (Å²) in [4.78, 5) is 36.9. The van der Waals surface area contributed by atoms with Gasteiger partial charge in [-0.05, 0) is 43.9 Å². The lowest BCUT2D eigenvalue weighted by Crippen LogP contribution is -2.67. The molecule has 1 spiro atoms. The minimum atomic E-state index is -0.0467. The molecule has 1 N–H and O–H groups in total. The van der Waals surface area contributed by atoms with Gasteiger partial charge in [0, 0.05) is 57.6 Å². The Balaban J connectivity index is 1.42. The summed E-state index contributed by atoms with van der Waals surface area (Å²) in [6.07, 6.45) is 7.87. The van der Waals surface area contributed by atoms with Gasteiger partial charge in [0.05, 0.1) is 16.6 Å². The van der Waals surface area contributed by atoms with Crippen LogP contribution in [0.25, 0.3) is 11.0 Å². The van der Waals surface area contributed by atoms with Crippen molar-refractivity contribution < 1.29 is 9.59 Å². The summed E-state index contributed by atoms with van der Waals surface area (Å²) in [6, 6.07) is 6.25. The Labute approximate surface area is 165 Å². The van der Waals surface area contributed by atoms with Gasteiger partial charge in [-0.25, -0.2) is 0 Å². The van der Waals surface area contributed by atoms with Crippen molar-refractivity contribution in [3.8, 4) is 0 Å². The average Bonchev–Trinajstić information content (AvgIpc) is 2.70. The van der Waals surface area contributed by atoms with E-state index in [9.17, 15) is 9.59 Å². The van der Waals surface area contributed by atoms with Crippen molar-refractivity contribution in [2.75, 3.05) is 31.1 Å². The van der Waals surface area contributed by atoms with Gasteiger partial charge in [0.15, 0.2) is 0 Å². The SMILES string of the molecule is CC(=O)NCCCC(=O)N1CCC[C@@]2(CCN2c2ccc3nccnc3c2)C1. The summed E-state index contributed by atoms with van der Waals surface area (Å²) in [7, 11) is 0. The van der Waals surface area contributed by atoms with Crippen LogP contribution in [0.3, 0.4) is 0 Å². The van der Waals surface area contributed by atoms with Gasteiger partial charge in [0.2, 0.25) is 11.8 Å². The monoisotopic (exact) mass is 381 g/mol. The van der Waals surface area contributed by atoms with Crippen LogP contribution in [0, 0.1) is 0 Å². The van der Waals surface area contributed by atoms with E-state index in [2.05, 4.69) is 32.3 Å². The van der Waals surface area contributed by atoms with Gasteiger partial charge in [-0.1, -0.05) is 0 Å². The summed E-state index contributed by atoms with van der Waals surface area (Å²) < 4.78 is 0. The third-order valence-corrected chi connectivity index (χ3v) is 5.99. The first-order valence-electron chi connectivity index (χ1n) is 10.1. The fourth-order valence-electron chi connectivity index (χ4n) is 4.47. The van der Waals surface area contributed by atoms with Crippen LogP contribution in [-0.2, 0) is 9.59 Å². The number of fused-ring (bicyclic) bond motifs is 1. The number of benzene rings is 1. The van der Waals surface area contributed by atoms with Crippen molar-refractivity contribution in [2.45, 2.75) is 44.6 Å². The zero-order valence-electron chi connectivity index (χ0n) is 16.4. The maximum atomic E-state index is 12.7. The molecule has 2 saturated heterocycles. The maximum absolute atomic E-state index is 12.7. The summed E-state index contributed by atoms with van der Waals surface area (Å²) in [5.41, 5.74) is 3.02. The molecule has 0 radical (unpaired) electrons. The van der Waals surface area contributed by atoms with Crippen molar-refractivity contribution in [1.82, 2.24) is 20.2 Å². The topological polar surface area (TPSA) is 78.4 Å². The molecule has 3 heterocycles. The number of likely N-dealkylation sites (tertiary alicyclic amines) is 1. The normalized spacial score (nSPS) is 21.6. The van der Waals surface area contributed by atoms with Gasteiger partial charge in [0.25, 0.3) is 0 Å². The molecule has 148 valence electrons. The zero-order chi connectivity index (χ0) is 19.6. The Hall–Kier alpha value is -2.70. The van der Waals surface area contributed by atoms with Crippen molar-refractivity contribution >= 4 is 28.5 Å². The fourth-order valence-corrected chi connectivity index (χ4v) is 4.47. The van der Waals surface area contributed by atoms with E-state index in [0.717, 1.165) is 49.9 Å². The molecule has 4 rings (SSSR count). The smallest absolute Gasteiger partial charge is 0.222 e. The minimum Gasteiger partial charge on any atom is -0.364 e. The lowest BCUT2D eigenvalue weighted by atomic mass is 9.77. The van der Waals surface area contributed by atoms with E-state index in [1.54, 1.807) is 12.4 Å². The molecule has 0 bridgehead atoms. The van der Waals surface area contributed by atoms with Crippen molar-refractivity contribution in [2.24, 2.45) is 0 Å². The second kappa shape index (κ2) is 7.73. The Bertz CT molecular complexity index is 886. The van der Waals surface area contributed by atoms with E-state index < -0.39 is 0 Å². The zero-order valence-corrected chi connectivity index (χ0v) is 16.4. The summed E-state index contributed by atoms with van der Waals surface area (Å²) in [5, 5.41) is 2.76. The van der Waals surface area contributed by atoms with E-state index in [-0.39, 0.29) is 17.4 Å². The van der Waals surface area contributed by atoms with E-state index in [1.807, 2.05) is 11.0 Å². The van der Waals surface area contributed by atoms with Crippen LogP contribution >= 0.6 is 0 Å². The van der Waals surface area contributed by atoms with Gasteiger partial charge < -0.3 is 15.1 Å². The summed E-state index contributed by atoms with van der Waals surface area (Å²) in [5.74, 6) is 0.148. The van der Waals surface area contributed by atoms with Gasteiger partial charge >= 0.3 is 0 Å². The molecule has 2 aliphatic rings. The van der Waals surface area contributed by atoms with Crippen LogP contribution in [-0.4, -0.2) is 58.4 Å². The van der Waals surface area contributed by atoms with Crippen LogP contribution in [0.4, 0.5) is 5.69 Å². The number of piperidine rings is 1. The molecule has 2 aliphatic heterocycles. The molecular weight excluding hydrogens is 354 g/mol. The highest BCUT2D eigenvalue weighted by Crippen LogP contribution is 2.42. The molecule has 1 aromatic heterocycles. The summed E-state index contributed by atoms with van der Waals surface area (Å²) >= 11 is 0. The van der Waals surface area contributed by atoms with E-state index in [4.69, 9.17) is 0 Å². The maximum Gasteiger partial charge on any atom is 0.222 e. The van der Waals surface area contributed by atoms with Crippen LogP contribution in [0.1, 0.15) is 39.0 Å². The minimum absolute atomic E-state index is 0.0431. The molecule has 2 fully saturated rings. The number of carbonyl (C=O) groups excluding carboxylic acids is 2. The second-order valence-corrected chi connectivity index (χ2v) is 7.86. The quantitative estimate of drug-likeness (QED) is 0.803. The number of hydrogen-bond acceptors (Lipinski definition) is 5. The molecule has 1 aromatic carbocycles. The first-order chi connectivity index (χ1) is 13.6. The number of nitrogens with one attached hydrogen (secondary N) is 1. The molecule has 0 aliphatic carbocycles. The molecule has 0 saturated carbocycles. The average molecular weight is 381 g/mol. The van der Waals surface area contributed by atoms with Crippen molar-refractivity contribution in [3.63, 3.8) is 0 Å². The number of rotatable bonds is 5. The number of hydrogen-bond donors (Lipinski definition) is 1. The number of carbonyl (C=O) groups is 2. The number of amides is 2. The standard InChI is InChI=1S/C21H27N5O2/c1-16(27)22-9-2-4-20(28)25-12-3-7-21(15-25)8-13-26(21)17-5-6-18-19(14-17)24-11-10-23-18/h5-6,10-11,14H,2-4,7-9,12-13,15H2,1H3,(H,22,27)/t21-/m1/s1. The second-order valence-electron chi connectivity index (χ2n) is 7.86. The molecule has 28 heavy (non-hydrogen) atoms. The van der Waals surface area contributed by atoms with E-state index in [0.29, 0.717) is 19.4 Å². The highest BCUT2D eigenvalue weighted by atomic mass is 16.2. The predicted molar refractivity (Wildman–Crippen MR) is 108 cm³/mol. The highest BCUT2D eigenvalue weighted by molar-refractivity contribution is 5.80. The first kappa shape index (κ1) is 18.7. The van der Waals surface area contributed by atoms with E-state index in [1.165, 1.54) is 12.6 Å². The number of aromatic nitrogens is 2. The van der Waals surface area contributed by atoms with E-state index >= 15 is 0 Å². The Kier molecular flexibility index (Phi) is 5.15. The molecule has 2 amide bonds. The van der Waals surface area contributed by atoms with Crippen LogP contribution in [0.2, 0.25) is 0 Å². The largest absolute Gasteiger partial charge is 0.364 e.